The van der Waals surface area contributed by atoms with Crippen molar-refractivity contribution in [2.45, 2.75) is 42.7 Å². The molecule has 3 fully saturated rings. The summed E-state index contributed by atoms with van der Waals surface area (Å²) in [7, 11) is -1.69. The smallest absolute Gasteiger partial charge is 0.260 e. The van der Waals surface area contributed by atoms with Gasteiger partial charge in [-0.25, -0.2) is 8.42 Å². The average Bonchev–Trinajstić information content (AvgIpc) is 2.92. The van der Waals surface area contributed by atoms with Crippen molar-refractivity contribution >= 4 is 10.0 Å². The Labute approximate surface area is 125 Å². The van der Waals surface area contributed by atoms with Crippen molar-refractivity contribution in [1.29, 1.82) is 0 Å². The summed E-state index contributed by atoms with van der Waals surface area (Å²) in [5, 5.41) is 4.73. The van der Waals surface area contributed by atoms with Gasteiger partial charge in [-0.2, -0.15) is 9.40 Å². The summed E-state index contributed by atoms with van der Waals surface area (Å²) in [6, 6.07) is 2.02. The summed E-state index contributed by atoms with van der Waals surface area (Å²) < 4.78 is 28.9. The van der Waals surface area contributed by atoms with Crippen molar-refractivity contribution in [1.82, 2.24) is 14.1 Å². The first-order chi connectivity index (χ1) is 9.95. The largest absolute Gasteiger partial charge is 0.328 e. The van der Waals surface area contributed by atoms with E-state index in [0.717, 1.165) is 31.4 Å². The molecule has 0 bridgehead atoms. The van der Waals surface area contributed by atoms with Gasteiger partial charge in [-0.15, -0.1) is 0 Å². The standard InChI is InChI=1S/C14H22N4O2S/c1-17-14(6-13(16-17)9-2-3-9)21(19,20)18-7-10-4-12(15)5-11(10)8-18/h6,9-12H,2-5,7-8,15H2,1H3/t10-,11+,12?. The van der Waals surface area contributed by atoms with Crippen LogP contribution in [0.4, 0.5) is 0 Å². The predicted octanol–water partition coefficient (Wildman–Crippen LogP) is 0.655. The number of fused-ring (bicyclic) bond motifs is 1. The molecule has 3 aliphatic rings. The Morgan fingerprint density at radius 3 is 2.43 bits per heavy atom. The van der Waals surface area contributed by atoms with E-state index < -0.39 is 10.0 Å². The molecular weight excluding hydrogens is 288 g/mol. The van der Waals surface area contributed by atoms with Gasteiger partial charge in [0.15, 0.2) is 5.03 Å². The van der Waals surface area contributed by atoms with E-state index in [1.54, 1.807) is 17.4 Å². The lowest BCUT2D eigenvalue weighted by Crippen LogP contribution is -2.32. The van der Waals surface area contributed by atoms with Gasteiger partial charge in [0, 0.05) is 38.2 Å². The number of rotatable bonds is 3. The fourth-order valence-electron chi connectivity index (χ4n) is 3.92. The molecule has 0 radical (unpaired) electrons. The van der Waals surface area contributed by atoms with E-state index in [4.69, 9.17) is 5.73 Å². The first-order valence-electron chi connectivity index (χ1n) is 7.75. The second kappa shape index (κ2) is 4.54. The maximum absolute atomic E-state index is 12.9. The SMILES string of the molecule is Cn1nc(C2CC2)cc1S(=O)(=O)N1C[C@H]2CC(N)C[C@H]2C1. The van der Waals surface area contributed by atoms with Crippen molar-refractivity contribution in [3.63, 3.8) is 0 Å². The highest BCUT2D eigenvalue weighted by Crippen LogP contribution is 2.42. The van der Waals surface area contributed by atoms with Crippen LogP contribution in [0.25, 0.3) is 0 Å². The van der Waals surface area contributed by atoms with Crippen LogP contribution < -0.4 is 5.73 Å². The molecule has 0 aromatic carbocycles. The highest BCUT2D eigenvalue weighted by atomic mass is 32.2. The molecule has 116 valence electrons. The first-order valence-corrected chi connectivity index (χ1v) is 9.19. The van der Waals surface area contributed by atoms with E-state index >= 15 is 0 Å². The molecule has 21 heavy (non-hydrogen) atoms. The molecule has 1 aliphatic heterocycles. The number of nitrogens with two attached hydrogens (primary N) is 1. The van der Waals surface area contributed by atoms with E-state index in [0.29, 0.717) is 35.9 Å². The minimum Gasteiger partial charge on any atom is -0.328 e. The molecule has 6 nitrogen and oxygen atoms in total. The van der Waals surface area contributed by atoms with Crippen molar-refractivity contribution < 1.29 is 8.42 Å². The van der Waals surface area contributed by atoms with Gasteiger partial charge >= 0.3 is 0 Å². The molecular formula is C14H22N4O2S. The lowest BCUT2D eigenvalue weighted by atomic mass is 10.0. The van der Waals surface area contributed by atoms with Gasteiger partial charge in [0.2, 0.25) is 0 Å². The molecule has 4 rings (SSSR count). The van der Waals surface area contributed by atoms with Crippen LogP contribution in [0, 0.1) is 11.8 Å². The zero-order valence-corrected chi connectivity index (χ0v) is 13.1. The van der Waals surface area contributed by atoms with Crippen LogP contribution in [0.2, 0.25) is 0 Å². The molecule has 2 N–H and O–H groups in total. The van der Waals surface area contributed by atoms with Crippen LogP contribution in [0.15, 0.2) is 11.1 Å². The Morgan fingerprint density at radius 2 is 1.86 bits per heavy atom. The van der Waals surface area contributed by atoms with Gasteiger partial charge in [-0.1, -0.05) is 0 Å². The molecule has 7 heteroatoms. The Balaban J connectivity index is 1.59. The fourth-order valence-corrected chi connectivity index (χ4v) is 5.61. The molecule has 1 saturated heterocycles. The number of aromatic nitrogens is 2. The second-order valence-corrected chi connectivity index (χ2v) is 8.76. The molecule has 1 unspecified atom stereocenters. The van der Waals surface area contributed by atoms with Crippen molar-refractivity contribution in [3.8, 4) is 0 Å². The first kappa shape index (κ1) is 13.7. The second-order valence-electron chi connectivity index (χ2n) is 6.88. The topological polar surface area (TPSA) is 81.2 Å². The van der Waals surface area contributed by atoms with Crippen molar-refractivity contribution in [2.75, 3.05) is 13.1 Å². The van der Waals surface area contributed by atoms with Gasteiger partial charge in [0.25, 0.3) is 10.0 Å². The van der Waals surface area contributed by atoms with Gasteiger partial charge in [0.05, 0.1) is 5.69 Å². The van der Waals surface area contributed by atoms with Crippen molar-refractivity contribution in [3.05, 3.63) is 11.8 Å². The van der Waals surface area contributed by atoms with Crippen LogP contribution >= 0.6 is 0 Å². The van der Waals surface area contributed by atoms with E-state index in [2.05, 4.69) is 5.10 Å². The van der Waals surface area contributed by atoms with E-state index in [1.165, 1.54) is 4.68 Å². The normalized spacial score (nSPS) is 33.5. The van der Waals surface area contributed by atoms with Crippen LogP contribution in [0.3, 0.4) is 0 Å². The predicted molar refractivity (Wildman–Crippen MR) is 78.1 cm³/mol. The molecule has 2 heterocycles. The summed E-state index contributed by atoms with van der Waals surface area (Å²) >= 11 is 0. The van der Waals surface area contributed by atoms with Crippen LogP contribution in [0.5, 0.6) is 0 Å². The molecule has 1 aromatic heterocycles. The van der Waals surface area contributed by atoms with Crippen LogP contribution in [-0.2, 0) is 17.1 Å². The van der Waals surface area contributed by atoms with Crippen LogP contribution in [0.1, 0.15) is 37.3 Å². The molecule has 0 amide bonds. The third-order valence-electron chi connectivity index (χ3n) is 5.21. The lowest BCUT2D eigenvalue weighted by molar-refractivity contribution is 0.429. The minimum atomic E-state index is -3.42. The van der Waals surface area contributed by atoms with Crippen LogP contribution in [-0.4, -0.2) is 41.6 Å². The summed E-state index contributed by atoms with van der Waals surface area (Å²) in [5.41, 5.74) is 6.90. The van der Waals surface area contributed by atoms with E-state index in [1.807, 2.05) is 0 Å². The molecule has 1 aromatic rings. The average molecular weight is 310 g/mol. The third-order valence-corrected chi connectivity index (χ3v) is 7.10. The minimum absolute atomic E-state index is 0.253. The Hall–Kier alpha value is -0.920. The maximum Gasteiger partial charge on any atom is 0.260 e. The third kappa shape index (κ3) is 2.22. The quantitative estimate of drug-likeness (QED) is 0.889. The number of hydrogen-bond donors (Lipinski definition) is 1. The zero-order valence-electron chi connectivity index (χ0n) is 12.3. The highest BCUT2D eigenvalue weighted by Gasteiger charge is 2.44. The lowest BCUT2D eigenvalue weighted by Gasteiger charge is -2.17. The van der Waals surface area contributed by atoms with Gasteiger partial charge < -0.3 is 5.73 Å². The molecule has 2 aliphatic carbocycles. The summed E-state index contributed by atoms with van der Waals surface area (Å²) in [6.45, 7) is 1.23. The fraction of sp³-hybridized carbons (Fsp3) is 0.786. The zero-order chi connectivity index (χ0) is 14.8. The Bertz CT molecular complexity index is 651. The Kier molecular flexibility index (Phi) is 2.96. The van der Waals surface area contributed by atoms with E-state index in [9.17, 15) is 8.42 Å². The summed E-state index contributed by atoms with van der Waals surface area (Å²) in [5.74, 6) is 1.34. The summed E-state index contributed by atoms with van der Waals surface area (Å²) in [6.07, 6.45) is 4.16. The molecule has 3 atom stereocenters. The van der Waals surface area contributed by atoms with Crippen molar-refractivity contribution in [2.24, 2.45) is 24.6 Å². The van der Waals surface area contributed by atoms with Gasteiger partial charge in [-0.05, 0) is 37.5 Å². The maximum atomic E-state index is 12.9. The van der Waals surface area contributed by atoms with E-state index in [-0.39, 0.29) is 6.04 Å². The number of hydrogen-bond acceptors (Lipinski definition) is 4. The summed E-state index contributed by atoms with van der Waals surface area (Å²) in [4.78, 5) is 0. The number of aryl methyl sites for hydroxylation is 1. The van der Waals surface area contributed by atoms with Gasteiger partial charge in [-0.3, -0.25) is 4.68 Å². The number of nitrogens with zero attached hydrogens (tertiary/aromatic N) is 3. The number of sulfonamides is 1. The monoisotopic (exact) mass is 310 g/mol. The highest BCUT2D eigenvalue weighted by molar-refractivity contribution is 7.89. The molecule has 2 saturated carbocycles. The Morgan fingerprint density at radius 1 is 1.24 bits per heavy atom. The van der Waals surface area contributed by atoms with Gasteiger partial charge in [0.1, 0.15) is 0 Å². The molecule has 0 spiro atoms.